The third kappa shape index (κ3) is 1.44. The van der Waals surface area contributed by atoms with Crippen molar-refractivity contribution in [3.05, 3.63) is 34.4 Å². The van der Waals surface area contributed by atoms with Crippen LogP contribution in [-0.4, -0.2) is 30.1 Å². The number of anilines is 1. The molecule has 1 N–H and O–H groups in total. The van der Waals surface area contributed by atoms with Crippen molar-refractivity contribution in [3.63, 3.8) is 0 Å². The van der Waals surface area contributed by atoms with E-state index in [1.165, 1.54) is 6.42 Å². The molecular weight excluding hydrogens is 206 g/mol. The van der Waals surface area contributed by atoms with Crippen molar-refractivity contribution < 1.29 is 4.92 Å². The van der Waals surface area contributed by atoms with E-state index < -0.39 is 0 Å². The van der Waals surface area contributed by atoms with Gasteiger partial charge in [-0.2, -0.15) is 0 Å². The second-order valence-electron chi connectivity index (χ2n) is 4.42. The summed E-state index contributed by atoms with van der Waals surface area (Å²) in [5.41, 5.74) is 1.26. The van der Waals surface area contributed by atoms with E-state index in [1.807, 2.05) is 12.1 Å². The van der Waals surface area contributed by atoms with Crippen molar-refractivity contribution in [2.45, 2.75) is 18.5 Å². The van der Waals surface area contributed by atoms with E-state index in [9.17, 15) is 10.1 Å². The highest BCUT2D eigenvalue weighted by Crippen LogP contribution is 2.30. The molecule has 1 aromatic rings. The van der Waals surface area contributed by atoms with Crippen LogP contribution in [0.2, 0.25) is 0 Å². The first kappa shape index (κ1) is 9.59. The zero-order chi connectivity index (χ0) is 11.1. The van der Waals surface area contributed by atoms with Gasteiger partial charge in [-0.1, -0.05) is 0 Å². The van der Waals surface area contributed by atoms with Crippen molar-refractivity contribution in [1.29, 1.82) is 0 Å². The number of fused-ring (bicyclic) bond motifs is 2. The third-order valence-electron chi connectivity index (χ3n) is 3.45. The summed E-state index contributed by atoms with van der Waals surface area (Å²) in [6.07, 6.45) is 1.19. The normalized spacial score (nSPS) is 27.4. The van der Waals surface area contributed by atoms with E-state index in [0.717, 1.165) is 18.8 Å². The molecule has 2 bridgehead atoms. The molecule has 0 unspecified atom stereocenters. The Balaban J connectivity index is 1.82. The summed E-state index contributed by atoms with van der Waals surface area (Å²) in [5.74, 6) is 0. The van der Waals surface area contributed by atoms with Crippen molar-refractivity contribution in [2.75, 3.05) is 18.0 Å². The fourth-order valence-electron chi connectivity index (χ4n) is 2.64. The molecular formula is C11H13N3O2. The number of benzene rings is 1. The Hall–Kier alpha value is -1.62. The highest BCUT2D eigenvalue weighted by molar-refractivity contribution is 5.53. The number of nitro groups is 1. The molecule has 2 aliphatic rings. The molecule has 0 spiro atoms. The zero-order valence-electron chi connectivity index (χ0n) is 8.80. The van der Waals surface area contributed by atoms with Gasteiger partial charge in [0, 0.05) is 43.0 Å². The number of non-ortho nitro benzene ring substituents is 1. The molecule has 0 amide bonds. The van der Waals surface area contributed by atoms with E-state index in [4.69, 9.17) is 0 Å². The summed E-state index contributed by atoms with van der Waals surface area (Å²) < 4.78 is 0. The molecule has 0 aromatic heterocycles. The fraction of sp³-hybridized carbons (Fsp3) is 0.455. The quantitative estimate of drug-likeness (QED) is 0.598. The number of piperazine rings is 1. The van der Waals surface area contributed by atoms with E-state index in [1.54, 1.807) is 12.1 Å². The standard InChI is InChI=1S/C11H13N3O2/c15-14(16)10-3-1-9(2-4-10)13-7-8-5-11(13)6-12-8/h1-4,8,11-12H,5-7H2/t8-,11-/m0/s1. The van der Waals surface area contributed by atoms with Gasteiger partial charge in [0.25, 0.3) is 5.69 Å². The van der Waals surface area contributed by atoms with Crippen LogP contribution in [0.3, 0.4) is 0 Å². The largest absolute Gasteiger partial charge is 0.366 e. The predicted octanol–water partition coefficient (Wildman–Crippen LogP) is 1.15. The Bertz CT molecular complexity index is 418. The lowest BCUT2D eigenvalue weighted by molar-refractivity contribution is -0.384. The van der Waals surface area contributed by atoms with Gasteiger partial charge in [-0.15, -0.1) is 0 Å². The van der Waals surface area contributed by atoms with Crippen LogP contribution in [0.4, 0.5) is 11.4 Å². The summed E-state index contributed by atoms with van der Waals surface area (Å²) >= 11 is 0. The minimum Gasteiger partial charge on any atom is -0.366 e. The Labute approximate surface area is 93.2 Å². The number of nitrogens with one attached hydrogen (secondary N) is 1. The average Bonchev–Trinajstić information content (AvgIpc) is 2.91. The molecule has 84 valence electrons. The first-order valence-electron chi connectivity index (χ1n) is 5.48. The van der Waals surface area contributed by atoms with E-state index in [0.29, 0.717) is 12.1 Å². The van der Waals surface area contributed by atoms with Crippen LogP contribution >= 0.6 is 0 Å². The van der Waals surface area contributed by atoms with Crippen molar-refractivity contribution in [1.82, 2.24) is 5.32 Å². The van der Waals surface area contributed by atoms with Gasteiger partial charge >= 0.3 is 0 Å². The second kappa shape index (κ2) is 3.45. The molecule has 16 heavy (non-hydrogen) atoms. The number of hydrogen-bond donors (Lipinski definition) is 1. The molecule has 2 saturated heterocycles. The topological polar surface area (TPSA) is 58.4 Å². The number of nitrogens with zero attached hydrogens (tertiary/aromatic N) is 2. The number of rotatable bonds is 2. The molecule has 5 nitrogen and oxygen atoms in total. The van der Waals surface area contributed by atoms with E-state index >= 15 is 0 Å². The predicted molar refractivity (Wildman–Crippen MR) is 60.6 cm³/mol. The molecule has 3 rings (SSSR count). The summed E-state index contributed by atoms with van der Waals surface area (Å²) in [7, 11) is 0. The van der Waals surface area contributed by atoms with Crippen molar-refractivity contribution >= 4 is 11.4 Å². The highest BCUT2D eigenvalue weighted by atomic mass is 16.6. The van der Waals surface area contributed by atoms with E-state index in [-0.39, 0.29) is 10.6 Å². The third-order valence-corrected chi connectivity index (χ3v) is 3.45. The zero-order valence-corrected chi connectivity index (χ0v) is 8.80. The Kier molecular flexibility index (Phi) is 2.07. The van der Waals surface area contributed by atoms with Crippen molar-refractivity contribution in [2.24, 2.45) is 0 Å². The summed E-state index contributed by atoms with van der Waals surface area (Å²) in [6, 6.07) is 8.01. The molecule has 1 aromatic carbocycles. The Morgan fingerprint density at radius 3 is 2.62 bits per heavy atom. The fourth-order valence-corrected chi connectivity index (χ4v) is 2.64. The number of nitro benzene ring substituents is 1. The van der Waals surface area contributed by atoms with Crippen LogP contribution in [0.5, 0.6) is 0 Å². The van der Waals surface area contributed by atoms with Crippen LogP contribution in [0.25, 0.3) is 0 Å². The summed E-state index contributed by atoms with van der Waals surface area (Å²) in [6.45, 7) is 2.05. The van der Waals surface area contributed by atoms with Crippen LogP contribution in [0.1, 0.15) is 6.42 Å². The molecule has 2 fully saturated rings. The van der Waals surface area contributed by atoms with Crippen LogP contribution in [0.15, 0.2) is 24.3 Å². The maximum absolute atomic E-state index is 10.5. The average molecular weight is 219 g/mol. The maximum Gasteiger partial charge on any atom is 0.269 e. The van der Waals surface area contributed by atoms with Crippen LogP contribution in [0, 0.1) is 10.1 Å². The van der Waals surface area contributed by atoms with Gasteiger partial charge in [0.2, 0.25) is 0 Å². The van der Waals surface area contributed by atoms with Gasteiger partial charge in [-0.3, -0.25) is 10.1 Å². The van der Waals surface area contributed by atoms with Gasteiger partial charge in [0.15, 0.2) is 0 Å². The lowest BCUT2D eigenvalue weighted by Crippen LogP contribution is -2.43. The number of hydrogen-bond acceptors (Lipinski definition) is 4. The minimum absolute atomic E-state index is 0.159. The van der Waals surface area contributed by atoms with E-state index in [2.05, 4.69) is 10.2 Å². The Morgan fingerprint density at radius 1 is 1.38 bits per heavy atom. The molecule has 0 saturated carbocycles. The SMILES string of the molecule is O=[N+]([O-])c1ccc(N2C[C@@H]3C[C@H]2CN3)cc1. The van der Waals surface area contributed by atoms with Gasteiger partial charge in [0.1, 0.15) is 0 Å². The second-order valence-corrected chi connectivity index (χ2v) is 4.42. The highest BCUT2D eigenvalue weighted by Gasteiger charge is 2.37. The first-order chi connectivity index (χ1) is 7.74. The van der Waals surface area contributed by atoms with Crippen LogP contribution in [-0.2, 0) is 0 Å². The Morgan fingerprint density at radius 2 is 2.12 bits per heavy atom. The first-order valence-corrected chi connectivity index (χ1v) is 5.48. The summed E-state index contributed by atoms with van der Waals surface area (Å²) in [5, 5.41) is 14.0. The molecule has 0 aliphatic carbocycles. The van der Waals surface area contributed by atoms with Gasteiger partial charge in [0.05, 0.1) is 4.92 Å². The van der Waals surface area contributed by atoms with Gasteiger partial charge < -0.3 is 10.2 Å². The minimum atomic E-state index is -0.360. The molecule has 2 aliphatic heterocycles. The van der Waals surface area contributed by atoms with Crippen molar-refractivity contribution in [3.8, 4) is 0 Å². The van der Waals surface area contributed by atoms with Gasteiger partial charge in [-0.05, 0) is 18.6 Å². The van der Waals surface area contributed by atoms with Crippen LogP contribution < -0.4 is 10.2 Å². The lowest BCUT2D eigenvalue weighted by atomic mass is 10.2. The van der Waals surface area contributed by atoms with Gasteiger partial charge in [-0.25, -0.2) is 0 Å². The monoisotopic (exact) mass is 219 g/mol. The smallest absolute Gasteiger partial charge is 0.269 e. The lowest BCUT2D eigenvalue weighted by Gasteiger charge is -2.29. The molecule has 0 radical (unpaired) electrons. The summed E-state index contributed by atoms with van der Waals surface area (Å²) in [4.78, 5) is 12.5. The molecule has 2 atom stereocenters. The molecule has 5 heteroatoms. The molecule has 2 heterocycles. The maximum atomic E-state index is 10.5.